The number of methoxy groups -OCH3 is 2. The summed E-state index contributed by atoms with van der Waals surface area (Å²) in [7, 11) is 4.92. The SMILES string of the molecule is COc1ccc(C(=O)N(C)[C@H]2CCO[C@@H]2c2cccnc2)c(OC)c1. The Morgan fingerprint density at radius 2 is 2.12 bits per heavy atom. The minimum atomic E-state index is -0.174. The zero-order valence-corrected chi connectivity index (χ0v) is 14.6. The summed E-state index contributed by atoms with van der Waals surface area (Å²) < 4.78 is 16.4. The van der Waals surface area contributed by atoms with Crippen molar-refractivity contribution < 1.29 is 19.0 Å². The van der Waals surface area contributed by atoms with Crippen molar-refractivity contribution in [2.45, 2.75) is 18.6 Å². The first-order valence-electron chi connectivity index (χ1n) is 8.16. The Labute approximate surface area is 147 Å². The normalized spacial score (nSPS) is 19.5. The van der Waals surface area contributed by atoms with Gasteiger partial charge in [0.15, 0.2) is 0 Å². The van der Waals surface area contributed by atoms with Crippen LogP contribution in [0.15, 0.2) is 42.7 Å². The summed E-state index contributed by atoms with van der Waals surface area (Å²) in [5.74, 6) is 1.03. The number of hydrogen-bond donors (Lipinski definition) is 0. The Bertz CT molecular complexity index is 735. The van der Waals surface area contributed by atoms with Crippen LogP contribution in [0.3, 0.4) is 0 Å². The minimum Gasteiger partial charge on any atom is -0.497 e. The number of hydrogen-bond acceptors (Lipinski definition) is 5. The Hall–Kier alpha value is -2.60. The van der Waals surface area contributed by atoms with Crippen LogP contribution in [0.25, 0.3) is 0 Å². The molecule has 0 bridgehead atoms. The summed E-state index contributed by atoms with van der Waals surface area (Å²) in [6, 6.07) is 9.00. The topological polar surface area (TPSA) is 60.9 Å². The molecule has 0 spiro atoms. The highest BCUT2D eigenvalue weighted by molar-refractivity contribution is 5.97. The van der Waals surface area contributed by atoms with Crippen molar-refractivity contribution in [2.24, 2.45) is 0 Å². The Morgan fingerprint density at radius 3 is 2.80 bits per heavy atom. The zero-order chi connectivity index (χ0) is 17.8. The van der Waals surface area contributed by atoms with Crippen LogP contribution in [0.1, 0.15) is 28.4 Å². The van der Waals surface area contributed by atoms with Gasteiger partial charge in [-0.1, -0.05) is 6.07 Å². The molecule has 0 aliphatic carbocycles. The zero-order valence-electron chi connectivity index (χ0n) is 14.6. The molecule has 1 aromatic heterocycles. The molecule has 0 saturated carbocycles. The molecule has 1 aromatic carbocycles. The second-order valence-electron chi connectivity index (χ2n) is 5.92. The van der Waals surface area contributed by atoms with Crippen molar-refractivity contribution >= 4 is 5.91 Å². The molecular formula is C19H22N2O4. The summed E-state index contributed by atoms with van der Waals surface area (Å²) in [5.41, 5.74) is 1.48. The fourth-order valence-electron chi connectivity index (χ4n) is 3.15. The van der Waals surface area contributed by atoms with Crippen LogP contribution in [-0.4, -0.2) is 49.7 Å². The monoisotopic (exact) mass is 342 g/mol. The predicted octanol–water partition coefficient (Wildman–Crippen LogP) is 2.70. The van der Waals surface area contributed by atoms with Gasteiger partial charge < -0.3 is 19.1 Å². The molecule has 1 amide bonds. The first-order chi connectivity index (χ1) is 12.2. The molecule has 2 aromatic rings. The quantitative estimate of drug-likeness (QED) is 0.836. The van der Waals surface area contributed by atoms with E-state index >= 15 is 0 Å². The Balaban J connectivity index is 1.85. The average molecular weight is 342 g/mol. The van der Waals surface area contributed by atoms with Gasteiger partial charge in [-0.2, -0.15) is 0 Å². The minimum absolute atomic E-state index is 0.0523. The van der Waals surface area contributed by atoms with Crippen molar-refractivity contribution in [1.82, 2.24) is 9.88 Å². The second kappa shape index (κ2) is 7.53. The van der Waals surface area contributed by atoms with Crippen LogP contribution in [0.5, 0.6) is 11.5 Å². The molecular weight excluding hydrogens is 320 g/mol. The van der Waals surface area contributed by atoms with E-state index in [1.165, 1.54) is 0 Å². The largest absolute Gasteiger partial charge is 0.497 e. The maximum Gasteiger partial charge on any atom is 0.257 e. The fraction of sp³-hybridized carbons (Fsp3) is 0.368. The van der Waals surface area contributed by atoms with Crippen LogP contribution in [0, 0.1) is 0 Å². The fourth-order valence-corrected chi connectivity index (χ4v) is 3.15. The lowest BCUT2D eigenvalue weighted by molar-refractivity contribution is 0.0512. The third-order valence-electron chi connectivity index (χ3n) is 4.53. The standard InChI is InChI=1S/C19H22N2O4/c1-21(16-8-10-25-18(16)13-5-4-9-20-12-13)19(22)15-7-6-14(23-2)11-17(15)24-3/h4-7,9,11-12,16,18H,8,10H2,1-3H3/t16-,18+/m0/s1. The second-order valence-corrected chi connectivity index (χ2v) is 5.92. The highest BCUT2D eigenvalue weighted by Crippen LogP contribution is 2.34. The van der Waals surface area contributed by atoms with Gasteiger partial charge >= 0.3 is 0 Å². The van der Waals surface area contributed by atoms with E-state index in [2.05, 4.69) is 4.98 Å². The Morgan fingerprint density at radius 1 is 1.28 bits per heavy atom. The number of benzene rings is 1. The molecule has 2 atom stereocenters. The van der Waals surface area contributed by atoms with Crippen molar-refractivity contribution in [1.29, 1.82) is 0 Å². The lowest BCUT2D eigenvalue weighted by Gasteiger charge is -2.29. The number of ether oxygens (including phenoxy) is 3. The van der Waals surface area contributed by atoms with Crippen molar-refractivity contribution in [3.63, 3.8) is 0 Å². The molecule has 2 heterocycles. The number of carbonyl (C=O) groups is 1. The van der Waals surface area contributed by atoms with Gasteiger partial charge in [0.05, 0.1) is 25.8 Å². The molecule has 0 radical (unpaired) electrons. The number of rotatable bonds is 5. The van der Waals surface area contributed by atoms with Crippen LogP contribution in [-0.2, 0) is 4.74 Å². The third kappa shape index (κ3) is 3.44. The van der Waals surface area contributed by atoms with Crippen LogP contribution >= 0.6 is 0 Å². The number of aromatic nitrogens is 1. The molecule has 1 aliphatic rings. The van der Waals surface area contributed by atoms with E-state index in [1.54, 1.807) is 56.8 Å². The molecule has 0 unspecified atom stereocenters. The average Bonchev–Trinajstić information content (AvgIpc) is 3.16. The number of likely N-dealkylation sites (N-methyl/N-ethyl adjacent to an activating group) is 1. The van der Waals surface area contributed by atoms with Crippen molar-refractivity contribution in [3.05, 3.63) is 53.9 Å². The van der Waals surface area contributed by atoms with Crippen molar-refractivity contribution in [2.75, 3.05) is 27.9 Å². The van der Waals surface area contributed by atoms with Gasteiger partial charge in [0.1, 0.15) is 17.6 Å². The molecule has 0 N–H and O–H groups in total. The summed E-state index contributed by atoms with van der Waals surface area (Å²) in [6.45, 7) is 0.613. The molecule has 1 aliphatic heterocycles. The van der Waals surface area contributed by atoms with E-state index < -0.39 is 0 Å². The van der Waals surface area contributed by atoms with E-state index in [0.29, 0.717) is 23.7 Å². The number of nitrogens with zero attached hydrogens (tertiary/aromatic N) is 2. The molecule has 25 heavy (non-hydrogen) atoms. The predicted molar refractivity (Wildman–Crippen MR) is 93.0 cm³/mol. The molecule has 6 heteroatoms. The number of amides is 1. The Kier molecular flexibility index (Phi) is 5.19. The highest BCUT2D eigenvalue weighted by Gasteiger charge is 2.36. The van der Waals surface area contributed by atoms with E-state index in [4.69, 9.17) is 14.2 Å². The maximum atomic E-state index is 13.0. The van der Waals surface area contributed by atoms with Crippen molar-refractivity contribution in [3.8, 4) is 11.5 Å². The number of pyridine rings is 1. The van der Waals surface area contributed by atoms with Gasteiger partial charge in [-0.3, -0.25) is 9.78 Å². The lowest BCUT2D eigenvalue weighted by Crippen LogP contribution is -2.39. The third-order valence-corrected chi connectivity index (χ3v) is 4.53. The van der Waals surface area contributed by atoms with Gasteiger partial charge in [0.2, 0.25) is 0 Å². The maximum absolute atomic E-state index is 13.0. The molecule has 1 saturated heterocycles. The number of carbonyl (C=O) groups excluding carboxylic acids is 1. The molecule has 1 fully saturated rings. The molecule has 6 nitrogen and oxygen atoms in total. The molecule has 3 rings (SSSR count). The van der Waals surface area contributed by atoms with E-state index in [1.807, 2.05) is 12.1 Å². The molecule has 132 valence electrons. The van der Waals surface area contributed by atoms with E-state index in [0.717, 1.165) is 12.0 Å². The highest BCUT2D eigenvalue weighted by atomic mass is 16.5. The van der Waals surface area contributed by atoms with E-state index in [-0.39, 0.29) is 18.1 Å². The van der Waals surface area contributed by atoms with Gasteiger partial charge in [0, 0.05) is 37.7 Å². The first kappa shape index (κ1) is 17.2. The van der Waals surface area contributed by atoms with Gasteiger partial charge in [0.25, 0.3) is 5.91 Å². The first-order valence-corrected chi connectivity index (χ1v) is 8.16. The van der Waals surface area contributed by atoms with Crippen LogP contribution < -0.4 is 9.47 Å². The summed E-state index contributed by atoms with van der Waals surface area (Å²) in [6.07, 6.45) is 4.12. The van der Waals surface area contributed by atoms with Crippen LogP contribution in [0.2, 0.25) is 0 Å². The van der Waals surface area contributed by atoms with Gasteiger partial charge in [-0.05, 0) is 24.6 Å². The summed E-state index contributed by atoms with van der Waals surface area (Å²) in [4.78, 5) is 18.9. The smallest absolute Gasteiger partial charge is 0.257 e. The van der Waals surface area contributed by atoms with Crippen LogP contribution in [0.4, 0.5) is 0 Å². The lowest BCUT2D eigenvalue weighted by atomic mass is 10.0. The van der Waals surface area contributed by atoms with Gasteiger partial charge in [-0.25, -0.2) is 0 Å². The summed E-state index contributed by atoms with van der Waals surface area (Å²) in [5, 5.41) is 0. The van der Waals surface area contributed by atoms with Gasteiger partial charge in [-0.15, -0.1) is 0 Å². The summed E-state index contributed by atoms with van der Waals surface area (Å²) >= 11 is 0. The van der Waals surface area contributed by atoms with E-state index in [9.17, 15) is 4.79 Å².